The predicted octanol–water partition coefficient (Wildman–Crippen LogP) is 1.81. The average Bonchev–Trinajstić information content (AvgIpc) is 3.24. The Hall–Kier alpha value is -2.61. The van der Waals surface area contributed by atoms with Crippen LogP contribution in [0.3, 0.4) is 0 Å². The molecule has 1 aliphatic rings. The van der Waals surface area contributed by atoms with Crippen molar-refractivity contribution < 1.29 is 4.52 Å². The van der Waals surface area contributed by atoms with E-state index in [9.17, 15) is 0 Å². The SMILES string of the molecule is CCN(CC)c1ccc(CNC(=NC)N2CCN(Cc3ccon3)CC2)cn1. The number of anilines is 1. The number of pyridine rings is 1. The fourth-order valence-electron chi connectivity index (χ4n) is 3.44. The molecule has 0 bridgehead atoms. The molecule has 1 fully saturated rings. The lowest BCUT2D eigenvalue weighted by Crippen LogP contribution is -2.52. The van der Waals surface area contributed by atoms with Gasteiger partial charge >= 0.3 is 0 Å². The molecule has 0 aromatic carbocycles. The summed E-state index contributed by atoms with van der Waals surface area (Å²) in [4.78, 5) is 16.0. The molecule has 3 heterocycles. The van der Waals surface area contributed by atoms with Crippen molar-refractivity contribution in [3.05, 3.63) is 41.9 Å². The first-order valence-electron chi connectivity index (χ1n) is 10.0. The molecular weight excluding hydrogens is 354 g/mol. The Kier molecular flexibility index (Phi) is 7.25. The number of hydrogen-bond acceptors (Lipinski definition) is 6. The van der Waals surface area contributed by atoms with Crippen LogP contribution in [0.1, 0.15) is 25.1 Å². The topological polar surface area (TPSA) is 73.0 Å². The van der Waals surface area contributed by atoms with Gasteiger partial charge in [-0.2, -0.15) is 0 Å². The Morgan fingerprint density at radius 1 is 1.18 bits per heavy atom. The van der Waals surface area contributed by atoms with E-state index in [4.69, 9.17) is 4.52 Å². The summed E-state index contributed by atoms with van der Waals surface area (Å²) in [7, 11) is 1.84. The molecule has 152 valence electrons. The van der Waals surface area contributed by atoms with Gasteiger partial charge in [-0.3, -0.25) is 9.89 Å². The monoisotopic (exact) mass is 385 g/mol. The van der Waals surface area contributed by atoms with E-state index in [1.54, 1.807) is 6.26 Å². The number of aliphatic imine (C=N–C) groups is 1. The maximum absolute atomic E-state index is 4.92. The largest absolute Gasteiger partial charge is 0.364 e. The van der Waals surface area contributed by atoms with E-state index < -0.39 is 0 Å². The molecule has 2 aromatic rings. The predicted molar refractivity (Wildman–Crippen MR) is 111 cm³/mol. The van der Waals surface area contributed by atoms with Gasteiger partial charge in [0.25, 0.3) is 0 Å². The zero-order valence-electron chi connectivity index (χ0n) is 17.1. The van der Waals surface area contributed by atoms with Crippen LogP contribution in [0, 0.1) is 0 Å². The molecule has 0 amide bonds. The van der Waals surface area contributed by atoms with Gasteiger partial charge in [0, 0.05) is 71.7 Å². The Balaban J connectivity index is 1.47. The zero-order valence-corrected chi connectivity index (χ0v) is 17.1. The molecule has 1 aliphatic heterocycles. The molecule has 8 heteroatoms. The van der Waals surface area contributed by atoms with E-state index in [1.807, 2.05) is 19.3 Å². The molecule has 0 spiro atoms. The minimum atomic E-state index is 0.720. The number of nitrogens with zero attached hydrogens (tertiary/aromatic N) is 6. The van der Waals surface area contributed by atoms with Crippen molar-refractivity contribution in [3.8, 4) is 0 Å². The maximum Gasteiger partial charge on any atom is 0.194 e. The number of piperazine rings is 1. The average molecular weight is 386 g/mol. The van der Waals surface area contributed by atoms with Crippen LogP contribution < -0.4 is 10.2 Å². The summed E-state index contributed by atoms with van der Waals surface area (Å²) in [6.45, 7) is 11.6. The Morgan fingerprint density at radius 2 is 1.96 bits per heavy atom. The molecule has 0 saturated carbocycles. The second kappa shape index (κ2) is 10.1. The van der Waals surface area contributed by atoms with Crippen LogP contribution >= 0.6 is 0 Å². The van der Waals surface area contributed by atoms with Crippen LogP contribution in [0.2, 0.25) is 0 Å². The fourth-order valence-corrected chi connectivity index (χ4v) is 3.44. The van der Waals surface area contributed by atoms with E-state index in [0.29, 0.717) is 0 Å². The number of aromatic nitrogens is 2. The third-order valence-electron chi connectivity index (χ3n) is 5.11. The van der Waals surface area contributed by atoms with Crippen molar-refractivity contribution in [1.29, 1.82) is 0 Å². The number of nitrogens with one attached hydrogen (secondary N) is 1. The van der Waals surface area contributed by atoms with E-state index in [1.165, 1.54) is 0 Å². The summed E-state index contributed by atoms with van der Waals surface area (Å²) in [6.07, 6.45) is 3.57. The molecule has 0 radical (unpaired) electrons. The van der Waals surface area contributed by atoms with E-state index in [2.05, 4.69) is 61.1 Å². The van der Waals surface area contributed by atoms with E-state index in [0.717, 1.165) is 75.4 Å². The summed E-state index contributed by atoms with van der Waals surface area (Å²) in [6, 6.07) is 6.15. The molecule has 28 heavy (non-hydrogen) atoms. The highest BCUT2D eigenvalue weighted by Crippen LogP contribution is 2.11. The highest BCUT2D eigenvalue weighted by atomic mass is 16.5. The zero-order chi connectivity index (χ0) is 19.8. The number of rotatable bonds is 7. The molecular formula is C20H31N7O. The lowest BCUT2D eigenvalue weighted by Gasteiger charge is -2.36. The summed E-state index contributed by atoms with van der Waals surface area (Å²) in [5.41, 5.74) is 2.14. The van der Waals surface area contributed by atoms with E-state index >= 15 is 0 Å². The van der Waals surface area contributed by atoms with Gasteiger partial charge in [-0.1, -0.05) is 11.2 Å². The summed E-state index contributed by atoms with van der Waals surface area (Å²) in [5.74, 6) is 1.97. The van der Waals surface area contributed by atoms with Gasteiger partial charge in [0.2, 0.25) is 0 Å². The number of hydrogen-bond donors (Lipinski definition) is 1. The second-order valence-electron chi connectivity index (χ2n) is 6.85. The minimum Gasteiger partial charge on any atom is -0.364 e. The Labute approximate surface area is 167 Å². The van der Waals surface area contributed by atoms with E-state index in [-0.39, 0.29) is 0 Å². The summed E-state index contributed by atoms with van der Waals surface area (Å²) < 4.78 is 4.92. The van der Waals surface area contributed by atoms with Gasteiger partial charge in [0.1, 0.15) is 12.1 Å². The molecule has 0 atom stereocenters. The first-order valence-corrected chi connectivity index (χ1v) is 10.0. The molecule has 3 rings (SSSR count). The van der Waals surface area contributed by atoms with Crippen LogP contribution in [0.4, 0.5) is 5.82 Å². The normalized spacial score (nSPS) is 15.7. The highest BCUT2D eigenvalue weighted by molar-refractivity contribution is 5.80. The van der Waals surface area contributed by atoms with Crippen LogP contribution in [0.15, 0.2) is 40.2 Å². The lowest BCUT2D eigenvalue weighted by atomic mass is 10.2. The van der Waals surface area contributed by atoms with Gasteiger partial charge in [0.05, 0.1) is 5.69 Å². The van der Waals surface area contributed by atoms with Crippen LogP contribution in [-0.4, -0.2) is 72.2 Å². The molecule has 0 aliphatic carbocycles. The van der Waals surface area contributed by atoms with Crippen molar-refractivity contribution in [2.75, 3.05) is 51.2 Å². The minimum absolute atomic E-state index is 0.720. The van der Waals surface area contributed by atoms with Crippen molar-refractivity contribution in [3.63, 3.8) is 0 Å². The maximum atomic E-state index is 4.92. The summed E-state index contributed by atoms with van der Waals surface area (Å²) >= 11 is 0. The van der Waals surface area contributed by atoms with Gasteiger partial charge in [0.15, 0.2) is 5.96 Å². The van der Waals surface area contributed by atoms with Crippen molar-refractivity contribution in [2.45, 2.75) is 26.9 Å². The summed E-state index contributed by atoms with van der Waals surface area (Å²) in [5, 5.41) is 7.47. The highest BCUT2D eigenvalue weighted by Gasteiger charge is 2.20. The second-order valence-corrected chi connectivity index (χ2v) is 6.85. The van der Waals surface area contributed by atoms with Crippen LogP contribution in [0.25, 0.3) is 0 Å². The molecule has 1 N–H and O–H groups in total. The molecule has 0 unspecified atom stereocenters. The Morgan fingerprint density at radius 3 is 2.54 bits per heavy atom. The van der Waals surface area contributed by atoms with Gasteiger partial charge in [-0.25, -0.2) is 4.98 Å². The van der Waals surface area contributed by atoms with Gasteiger partial charge in [-0.05, 0) is 25.5 Å². The standard InChI is InChI=1S/C20H31N7O/c1-4-26(5-2)19-7-6-17(14-22-19)15-23-20(21-3)27-11-9-25(10-12-27)16-18-8-13-28-24-18/h6-8,13-14H,4-5,9-12,15-16H2,1-3H3,(H,21,23). The lowest BCUT2D eigenvalue weighted by molar-refractivity contribution is 0.169. The molecule has 8 nitrogen and oxygen atoms in total. The van der Waals surface area contributed by atoms with Gasteiger partial charge < -0.3 is 19.6 Å². The number of guanidine groups is 1. The molecule has 1 saturated heterocycles. The Bertz CT molecular complexity index is 718. The van der Waals surface area contributed by atoms with Crippen molar-refractivity contribution >= 4 is 11.8 Å². The smallest absolute Gasteiger partial charge is 0.194 e. The first kappa shape index (κ1) is 20.1. The van der Waals surface area contributed by atoms with Gasteiger partial charge in [-0.15, -0.1) is 0 Å². The van der Waals surface area contributed by atoms with Crippen molar-refractivity contribution in [1.82, 2.24) is 25.3 Å². The van der Waals surface area contributed by atoms with Crippen molar-refractivity contribution in [2.24, 2.45) is 4.99 Å². The third-order valence-corrected chi connectivity index (χ3v) is 5.11. The van der Waals surface area contributed by atoms with Crippen LogP contribution in [-0.2, 0) is 13.1 Å². The third kappa shape index (κ3) is 5.22. The fraction of sp³-hybridized carbons (Fsp3) is 0.550. The van der Waals surface area contributed by atoms with Crippen LogP contribution in [0.5, 0.6) is 0 Å². The molecule has 2 aromatic heterocycles. The quantitative estimate of drug-likeness (QED) is 0.576. The first-order chi connectivity index (χ1) is 13.7.